The molecule has 0 heterocycles. The fourth-order valence-corrected chi connectivity index (χ4v) is 5.74. The summed E-state index contributed by atoms with van der Waals surface area (Å²) in [6.07, 6.45) is 0.300. The van der Waals surface area contributed by atoms with E-state index < -0.39 is 15.6 Å². The Morgan fingerprint density at radius 1 is 0.939 bits per heavy atom. The van der Waals surface area contributed by atoms with E-state index in [4.69, 9.17) is 0 Å². The number of hydrogen-bond acceptors (Lipinski definition) is 3. The third kappa shape index (κ3) is 6.05. The van der Waals surface area contributed by atoms with Crippen LogP contribution in [0.3, 0.4) is 0 Å². The Bertz CT molecular complexity index is 1170. The second kappa shape index (κ2) is 10.5. The van der Waals surface area contributed by atoms with Gasteiger partial charge in [0.2, 0.25) is 15.9 Å². The Balaban J connectivity index is 1.67. The SMILES string of the molecule is CC[SH+]c1ccc(CC(=O)Nc2ccc(C(C)(C)N(C)S(=O)(=O)c3ccccc3)cc2)cc1. The first-order valence-electron chi connectivity index (χ1n) is 10.9. The monoisotopic (exact) mass is 483 g/mol. The summed E-state index contributed by atoms with van der Waals surface area (Å²) in [7, 11) is -2.07. The molecule has 0 aromatic heterocycles. The summed E-state index contributed by atoms with van der Waals surface area (Å²) in [5.41, 5.74) is 1.69. The first-order chi connectivity index (χ1) is 15.6. The number of carbonyl (C=O) groups excluding carboxylic acids is 1. The molecule has 0 aliphatic carbocycles. The standard InChI is InChI=1S/C26H30N2O3S2/c1-5-32-23-17-11-20(12-18-23)19-25(29)27-22-15-13-21(14-16-22)26(2,3)28(4)33(30,31)24-9-7-6-8-10-24/h6-18H,5,19H2,1-4H3,(H,27,29)/p+1. The molecule has 7 heteroatoms. The van der Waals surface area contributed by atoms with E-state index in [-0.39, 0.29) is 10.8 Å². The number of amides is 1. The topological polar surface area (TPSA) is 66.5 Å². The highest BCUT2D eigenvalue weighted by atomic mass is 32.2. The largest absolute Gasteiger partial charge is 0.326 e. The molecule has 0 radical (unpaired) electrons. The lowest BCUT2D eigenvalue weighted by Gasteiger charge is -2.35. The Kier molecular flexibility index (Phi) is 8.00. The van der Waals surface area contributed by atoms with Crippen molar-refractivity contribution in [1.82, 2.24) is 4.31 Å². The molecule has 0 atom stereocenters. The average molecular weight is 484 g/mol. The molecule has 0 unspecified atom stereocenters. The maximum atomic E-state index is 13.1. The van der Waals surface area contributed by atoms with Gasteiger partial charge in [-0.1, -0.05) is 42.5 Å². The zero-order chi connectivity index (χ0) is 24.1. The van der Waals surface area contributed by atoms with Crippen LogP contribution < -0.4 is 5.32 Å². The molecule has 1 N–H and O–H groups in total. The van der Waals surface area contributed by atoms with Crippen molar-refractivity contribution in [3.05, 3.63) is 90.0 Å². The zero-order valence-corrected chi connectivity index (χ0v) is 21.2. The lowest BCUT2D eigenvalue weighted by molar-refractivity contribution is -0.115. The molecule has 5 nitrogen and oxygen atoms in total. The van der Waals surface area contributed by atoms with Crippen molar-refractivity contribution in [3.63, 3.8) is 0 Å². The minimum atomic E-state index is -3.65. The minimum absolute atomic E-state index is 0.0911. The summed E-state index contributed by atoms with van der Waals surface area (Å²) in [5, 5.41) is 2.92. The first kappa shape index (κ1) is 25.0. The second-order valence-electron chi connectivity index (χ2n) is 8.29. The predicted molar refractivity (Wildman–Crippen MR) is 137 cm³/mol. The molecular formula is C26H31N2O3S2+. The van der Waals surface area contributed by atoms with Crippen LogP contribution in [-0.2, 0) is 38.5 Å². The molecule has 1 amide bonds. The highest BCUT2D eigenvalue weighted by Gasteiger charge is 2.35. The number of thiol groups is 1. The van der Waals surface area contributed by atoms with Crippen LogP contribution in [0, 0.1) is 0 Å². The van der Waals surface area contributed by atoms with Gasteiger partial charge >= 0.3 is 0 Å². The Hall–Kier alpha value is -2.61. The minimum Gasteiger partial charge on any atom is -0.326 e. The molecule has 3 aromatic rings. The van der Waals surface area contributed by atoms with Gasteiger partial charge in [-0.15, -0.1) is 0 Å². The van der Waals surface area contributed by atoms with E-state index >= 15 is 0 Å². The quantitative estimate of drug-likeness (QED) is 0.357. The summed E-state index contributed by atoms with van der Waals surface area (Å²) in [6.45, 7) is 5.86. The third-order valence-corrected chi connectivity index (χ3v) is 8.73. The highest BCUT2D eigenvalue weighted by Crippen LogP contribution is 2.32. The van der Waals surface area contributed by atoms with Crippen LogP contribution in [0.1, 0.15) is 31.9 Å². The Labute approximate surface area is 201 Å². The van der Waals surface area contributed by atoms with Gasteiger partial charge in [0, 0.05) is 24.5 Å². The Morgan fingerprint density at radius 3 is 2.12 bits per heavy atom. The van der Waals surface area contributed by atoms with Crippen LogP contribution in [0.15, 0.2) is 88.7 Å². The van der Waals surface area contributed by atoms with Crippen LogP contribution >= 0.6 is 0 Å². The van der Waals surface area contributed by atoms with Gasteiger partial charge in [-0.2, -0.15) is 4.31 Å². The summed E-state index contributed by atoms with van der Waals surface area (Å²) >= 11 is 1.28. The van der Waals surface area contributed by atoms with E-state index in [1.165, 1.54) is 21.0 Å². The van der Waals surface area contributed by atoms with Crippen molar-refractivity contribution in [3.8, 4) is 0 Å². The molecule has 0 fully saturated rings. The zero-order valence-electron chi connectivity index (χ0n) is 19.4. The van der Waals surface area contributed by atoms with Crippen molar-refractivity contribution < 1.29 is 13.2 Å². The smallest absolute Gasteiger partial charge is 0.243 e. The van der Waals surface area contributed by atoms with E-state index in [0.29, 0.717) is 12.1 Å². The number of nitrogens with zero attached hydrogens (tertiary/aromatic N) is 1. The molecule has 0 saturated heterocycles. The predicted octanol–water partition coefficient (Wildman–Crippen LogP) is 4.62. The Morgan fingerprint density at radius 2 is 1.55 bits per heavy atom. The van der Waals surface area contributed by atoms with Gasteiger partial charge < -0.3 is 5.32 Å². The van der Waals surface area contributed by atoms with Crippen LogP contribution in [0.5, 0.6) is 0 Å². The molecule has 3 rings (SSSR count). The lowest BCUT2D eigenvalue weighted by atomic mass is 9.94. The van der Waals surface area contributed by atoms with E-state index in [9.17, 15) is 13.2 Å². The van der Waals surface area contributed by atoms with Crippen LogP contribution in [0.4, 0.5) is 5.69 Å². The molecule has 0 bridgehead atoms. The van der Waals surface area contributed by atoms with Crippen molar-refractivity contribution in [2.75, 3.05) is 18.1 Å². The highest BCUT2D eigenvalue weighted by molar-refractivity contribution is 7.89. The van der Waals surface area contributed by atoms with Crippen LogP contribution in [0.25, 0.3) is 0 Å². The molecule has 0 saturated carbocycles. The summed E-state index contributed by atoms with van der Waals surface area (Å²) in [5.74, 6) is 0.979. The molecule has 33 heavy (non-hydrogen) atoms. The maximum absolute atomic E-state index is 13.1. The fourth-order valence-electron chi connectivity index (χ4n) is 3.49. The average Bonchev–Trinajstić information content (AvgIpc) is 2.81. The number of anilines is 1. The number of benzene rings is 3. The first-order valence-corrected chi connectivity index (χ1v) is 13.4. The molecule has 0 aliphatic rings. The van der Waals surface area contributed by atoms with Gasteiger partial charge in [0.05, 0.1) is 16.9 Å². The number of nitrogens with one attached hydrogen (secondary N) is 1. The molecule has 0 spiro atoms. The molecular weight excluding hydrogens is 452 g/mol. The van der Waals surface area contributed by atoms with Crippen molar-refractivity contribution >= 4 is 33.4 Å². The number of rotatable bonds is 9. The van der Waals surface area contributed by atoms with E-state index in [1.807, 2.05) is 38.1 Å². The van der Waals surface area contributed by atoms with Crippen LogP contribution in [-0.4, -0.2) is 31.4 Å². The summed E-state index contributed by atoms with van der Waals surface area (Å²) in [4.78, 5) is 14.0. The van der Waals surface area contributed by atoms with E-state index in [2.05, 4.69) is 24.4 Å². The summed E-state index contributed by atoms with van der Waals surface area (Å²) in [6, 6.07) is 23.8. The van der Waals surface area contributed by atoms with Gasteiger partial charge in [-0.05, 0) is 68.3 Å². The number of carbonyl (C=O) groups is 1. The number of sulfonamides is 1. The molecule has 174 valence electrons. The van der Waals surface area contributed by atoms with E-state index in [0.717, 1.165) is 16.9 Å². The summed E-state index contributed by atoms with van der Waals surface area (Å²) < 4.78 is 27.5. The third-order valence-electron chi connectivity index (χ3n) is 5.71. The lowest BCUT2D eigenvalue weighted by Crippen LogP contribution is -2.42. The molecule has 3 aromatic carbocycles. The van der Waals surface area contributed by atoms with Gasteiger partial charge in [0.1, 0.15) is 5.75 Å². The van der Waals surface area contributed by atoms with Gasteiger partial charge in [-0.3, -0.25) is 4.79 Å². The van der Waals surface area contributed by atoms with Crippen molar-refractivity contribution in [2.45, 2.75) is 42.5 Å². The van der Waals surface area contributed by atoms with E-state index in [1.54, 1.807) is 49.5 Å². The maximum Gasteiger partial charge on any atom is 0.243 e. The fraction of sp³-hybridized carbons (Fsp3) is 0.269. The van der Waals surface area contributed by atoms with Crippen molar-refractivity contribution in [2.24, 2.45) is 0 Å². The van der Waals surface area contributed by atoms with Crippen molar-refractivity contribution in [1.29, 1.82) is 0 Å². The number of hydrogen-bond donors (Lipinski definition) is 1. The van der Waals surface area contributed by atoms with Gasteiger partial charge in [0.25, 0.3) is 0 Å². The van der Waals surface area contributed by atoms with Crippen LogP contribution in [0.2, 0.25) is 0 Å². The molecule has 0 aliphatic heterocycles. The second-order valence-corrected chi connectivity index (χ2v) is 11.7. The van der Waals surface area contributed by atoms with Gasteiger partial charge in [-0.25, -0.2) is 8.42 Å². The normalized spacial score (nSPS) is 12.0. The van der Waals surface area contributed by atoms with Gasteiger partial charge in [0.15, 0.2) is 4.90 Å².